The Morgan fingerprint density at radius 1 is 1.10 bits per heavy atom. The van der Waals surface area contributed by atoms with E-state index in [4.69, 9.17) is 9.47 Å². The van der Waals surface area contributed by atoms with E-state index in [1.807, 2.05) is 42.5 Å². The van der Waals surface area contributed by atoms with E-state index in [0.717, 1.165) is 23.5 Å². The van der Waals surface area contributed by atoms with E-state index in [2.05, 4.69) is 6.92 Å². The van der Waals surface area contributed by atoms with Crippen LogP contribution in [-0.2, 0) is 6.42 Å². The molecule has 0 N–H and O–H groups in total. The van der Waals surface area contributed by atoms with E-state index in [1.165, 1.54) is 5.56 Å². The maximum Gasteiger partial charge on any atom is 0.231 e. The second kappa shape index (κ2) is 5.83. The number of benzene rings is 2. The van der Waals surface area contributed by atoms with Crippen LogP contribution in [0.5, 0.6) is 11.5 Å². The Labute approximate surface area is 123 Å². The van der Waals surface area contributed by atoms with E-state index in [9.17, 15) is 4.79 Å². The van der Waals surface area contributed by atoms with Gasteiger partial charge < -0.3 is 9.47 Å². The smallest absolute Gasteiger partial charge is 0.231 e. The fourth-order valence-electron chi connectivity index (χ4n) is 2.19. The summed E-state index contributed by atoms with van der Waals surface area (Å²) in [6.07, 6.45) is 4.35. The highest BCUT2D eigenvalue weighted by molar-refractivity contribution is 6.06. The highest BCUT2D eigenvalue weighted by Gasteiger charge is 2.12. The minimum atomic E-state index is -0.00433. The molecule has 0 atom stereocenters. The van der Waals surface area contributed by atoms with Gasteiger partial charge in [0.2, 0.25) is 6.79 Å². The lowest BCUT2D eigenvalue weighted by Gasteiger charge is -1.99. The van der Waals surface area contributed by atoms with Crippen molar-refractivity contribution in [3.63, 3.8) is 0 Å². The zero-order valence-corrected chi connectivity index (χ0v) is 11.8. The van der Waals surface area contributed by atoms with Crippen LogP contribution < -0.4 is 9.47 Å². The number of allylic oxidation sites excluding steroid dienone is 1. The van der Waals surface area contributed by atoms with Gasteiger partial charge in [0.1, 0.15) is 0 Å². The first kappa shape index (κ1) is 13.4. The number of carbonyl (C=O) groups is 1. The Balaban J connectivity index is 1.74. The summed E-state index contributed by atoms with van der Waals surface area (Å²) < 4.78 is 10.6. The van der Waals surface area contributed by atoms with Crippen molar-refractivity contribution in [3.8, 4) is 11.5 Å². The van der Waals surface area contributed by atoms with Crippen LogP contribution in [0.3, 0.4) is 0 Å². The van der Waals surface area contributed by atoms with Crippen LogP contribution in [0.15, 0.2) is 48.5 Å². The first-order valence-corrected chi connectivity index (χ1v) is 6.97. The van der Waals surface area contributed by atoms with E-state index in [-0.39, 0.29) is 12.6 Å². The Morgan fingerprint density at radius 3 is 2.62 bits per heavy atom. The SMILES string of the molecule is CCc1ccc(C(=O)/C=C/c2ccc3c(c2)OCO3)cc1. The van der Waals surface area contributed by atoms with E-state index >= 15 is 0 Å². The third-order valence-corrected chi connectivity index (χ3v) is 3.47. The molecule has 0 aromatic heterocycles. The van der Waals surface area contributed by atoms with Crippen LogP contribution >= 0.6 is 0 Å². The zero-order valence-electron chi connectivity index (χ0n) is 11.8. The lowest BCUT2D eigenvalue weighted by atomic mass is 10.1. The number of hydrogen-bond donors (Lipinski definition) is 0. The third-order valence-electron chi connectivity index (χ3n) is 3.47. The van der Waals surface area contributed by atoms with Gasteiger partial charge >= 0.3 is 0 Å². The summed E-state index contributed by atoms with van der Waals surface area (Å²) in [5.74, 6) is 1.46. The zero-order chi connectivity index (χ0) is 14.7. The first-order valence-electron chi connectivity index (χ1n) is 6.97. The first-order chi connectivity index (χ1) is 10.3. The number of rotatable bonds is 4. The average Bonchev–Trinajstić information content (AvgIpc) is 3.00. The molecule has 0 spiro atoms. The summed E-state index contributed by atoms with van der Waals surface area (Å²) in [4.78, 5) is 12.1. The van der Waals surface area contributed by atoms with Gasteiger partial charge in [-0.25, -0.2) is 0 Å². The van der Waals surface area contributed by atoms with Crippen LogP contribution in [0, 0.1) is 0 Å². The van der Waals surface area contributed by atoms with Gasteiger partial charge in [0.05, 0.1) is 0 Å². The van der Waals surface area contributed by atoms with Crippen molar-refractivity contribution >= 4 is 11.9 Å². The molecule has 0 bridgehead atoms. The molecule has 106 valence electrons. The molecule has 3 heteroatoms. The van der Waals surface area contributed by atoms with Gasteiger partial charge in [-0.05, 0) is 35.8 Å². The fraction of sp³-hybridized carbons (Fsp3) is 0.167. The van der Waals surface area contributed by atoms with Gasteiger partial charge in [-0.15, -0.1) is 0 Å². The number of carbonyl (C=O) groups excluding carboxylic acids is 1. The summed E-state index contributed by atoms with van der Waals surface area (Å²) >= 11 is 0. The van der Waals surface area contributed by atoms with Gasteiger partial charge in [-0.3, -0.25) is 4.79 Å². The Bertz CT molecular complexity index is 684. The van der Waals surface area contributed by atoms with Crippen molar-refractivity contribution < 1.29 is 14.3 Å². The molecule has 0 amide bonds. The predicted octanol–water partition coefficient (Wildman–Crippen LogP) is 3.87. The second-order valence-electron chi connectivity index (χ2n) is 4.86. The van der Waals surface area contributed by atoms with Gasteiger partial charge in [-0.2, -0.15) is 0 Å². The number of ether oxygens (including phenoxy) is 2. The van der Waals surface area contributed by atoms with Crippen molar-refractivity contribution in [1.29, 1.82) is 0 Å². The highest BCUT2D eigenvalue weighted by Crippen LogP contribution is 2.32. The monoisotopic (exact) mass is 280 g/mol. The molecule has 0 fully saturated rings. The standard InChI is InChI=1S/C18H16O3/c1-2-13-3-7-15(8-4-13)16(19)9-5-14-6-10-17-18(11-14)21-12-20-17/h3-11H,2,12H2,1H3/b9-5+. The van der Waals surface area contributed by atoms with Crippen molar-refractivity contribution in [2.75, 3.05) is 6.79 Å². The second-order valence-corrected chi connectivity index (χ2v) is 4.86. The van der Waals surface area contributed by atoms with Crippen LogP contribution in [0.1, 0.15) is 28.4 Å². The summed E-state index contributed by atoms with van der Waals surface area (Å²) in [5.41, 5.74) is 2.84. The number of ketones is 1. The maximum atomic E-state index is 12.1. The molecule has 3 nitrogen and oxygen atoms in total. The van der Waals surface area contributed by atoms with Gasteiger partial charge in [0, 0.05) is 5.56 Å². The Hall–Kier alpha value is -2.55. The molecule has 0 unspecified atom stereocenters. The molecule has 2 aromatic rings. The minimum Gasteiger partial charge on any atom is -0.454 e. The van der Waals surface area contributed by atoms with E-state index < -0.39 is 0 Å². The molecular formula is C18H16O3. The molecule has 0 saturated heterocycles. The quantitative estimate of drug-likeness (QED) is 0.630. The number of aryl methyl sites for hydroxylation is 1. The summed E-state index contributed by atoms with van der Waals surface area (Å²) in [6, 6.07) is 13.3. The molecule has 21 heavy (non-hydrogen) atoms. The highest BCUT2D eigenvalue weighted by atomic mass is 16.7. The number of hydrogen-bond acceptors (Lipinski definition) is 3. The molecule has 1 heterocycles. The van der Waals surface area contributed by atoms with Crippen LogP contribution in [0.4, 0.5) is 0 Å². The third kappa shape index (κ3) is 2.97. The molecule has 3 rings (SSSR count). The maximum absolute atomic E-state index is 12.1. The minimum absolute atomic E-state index is 0.00433. The Morgan fingerprint density at radius 2 is 1.86 bits per heavy atom. The lowest BCUT2D eigenvalue weighted by Crippen LogP contribution is -1.94. The van der Waals surface area contributed by atoms with Crippen LogP contribution in [0.25, 0.3) is 6.08 Å². The largest absolute Gasteiger partial charge is 0.454 e. The molecule has 2 aromatic carbocycles. The predicted molar refractivity (Wildman–Crippen MR) is 81.7 cm³/mol. The molecule has 0 radical (unpaired) electrons. The molecular weight excluding hydrogens is 264 g/mol. The van der Waals surface area contributed by atoms with Gasteiger partial charge in [0.25, 0.3) is 0 Å². The van der Waals surface area contributed by atoms with Crippen molar-refractivity contribution in [3.05, 3.63) is 65.2 Å². The fourth-order valence-corrected chi connectivity index (χ4v) is 2.19. The molecule has 1 aliphatic rings. The Kier molecular flexibility index (Phi) is 3.73. The lowest BCUT2D eigenvalue weighted by molar-refractivity contribution is 0.104. The van der Waals surface area contributed by atoms with E-state index in [0.29, 0.717) is 5.56 Å². The molecule has 0 saturated carbocycles. The summed E-state index contributed by atoms with van der Waals surface area (Å²) in [7, 11) is 0. The van der Waals surface area contributed by atoms with Crippen LogP contribution in [0.2, 0.25) is 0 Å². The average molecular weight is 280 g/mol. The number of fused-ring (bicyclic) bond motifs is 1. The van der Waals surface area contributed by atoms with Crippen molar-refractivity contribution in [2.45, 2.75) is 13.3 Å². The molecule has 1 aliphatic heterocycles. The van der Waals surface area contributed by atoms with Gasteiger partial charge in [0.15, 0.2) is 17.3 Å². The van der Waals surface area contributed by atoms with Gasteiger partial charge in [-0.1, -0.05) is 43.3 Å². The van der Waals surface area contributed by atoms with Crippen molar-refractivity contribution in [1.82, 2.24) is 0 Å². The van der Waals surface area contributed by atoms with Crippen LogP contribution in [-0.4, -0.2) is 12.6 Å². The summed E-state index contributed by atoms with van der Waals surface area (Å²) in [6.45, 7) is 2.35. The van der Waals surface area contributed by atoms with Crippen molar-refractivity contribution in [2.24, 2.45) is 0 Å². The van der Waals surface area contributed by atoms with E-state index in [1.54, 1.807) is 12.2 Å². The topological polar surface area (TPSA) is 35.5 Å². The normalized spacial score (nSPS) is 12.8. The molecule has 0 aliphatic carbocycles. The summed E-state index contributed by atoms with van der Waals surface area (Å²) in [5, 5.41) is 0.